The van der Waals surface area contributed by atoms with E-state index in [2.05, 4.69) is 16.0 Å². The van der Waals surface area contributed by atoms with Gasteiger partial charge in [0.25, 0.3) is 0 Å². The van der Waals surface area contributed by atoms with E-state index in [0.29, 0.717) is 5.92 Å². The highest BCUT2D eigenvalue weighted by molar-refractivity contribution is 5.92. The summed E-state index contributed by atoms with van der Waals surface area (Å²) in [5.74, 6) is 0.681. The van der Waals surface area contributed by atoms with Crippen LogP contribution < -0.4 is 16.0 Å². The van der Waals surface area contributed by atoms with Crippen molar-refractivity contribution in [2.75, 3.05) is 38.5 Å². The van der Waals surface area contributed by atoms with Gasteiger partial charge in [-0.15, -0.1) is 0 Å². The van der Waals surface area contributed by atoms with Gasteiger partial charge in [0.15, 0.2) is 0 Å². The van der Waals surface area contributed by atoms with E-state index in [1.165, 1.54) is 0 Å². The normalized spacial score (nSPS) is 15.2. The number of nitrogens with zero attached hydrogens (tertiary/aromatic N) is 1. The Labute approximate surface area is 144 Å². The van der Waals surface area contributed by atoms with Crippen LogP contribution in [0.25, 0.3) is 0 Å². The van der Waals surface area contributed by atoms with E-state index in [4.69, 9.17) is 0 Å². The largest absolute Gasteiger partial charge is 0.341 e. The molecule has 1 heterocycles. The molecule has 1 fully saturated rings. The first-order chi connectivity index (χ1) is 11.6. The minimum absolute atomic E-state index is 0.0125. The summed E-state index contributed by atoms with van der Waals surface area (Å²) < 4.78 is 0. The highest BCUT2D eigenvalue weighted by atomic mass is 16.2. The molecular weight excluding hydrogens is 304 g/mol. The highest BCUT2D eigenvalue weighted by Gasteiger charge is 2.22. The summed E-state index contributed by atoms with van der Waals surface area (Å²) in [7, 11) is 1.96. The van der Waals surface area contributed by atoms with Crippen molar-refractivity contribution < 1.29 is 9.59 Å². The lowest BCUT2D eigenvalue weighted by Crippen LogP contribution is -2.45. The number of amides is 3. The molecule has 1 aliphatic heterocycles. The van der Waals surface area contributed by atoms with Gasteiger partial charge in [0.2, 0.25) is 5.91 Å². The van der Waals surface area contributed by atoms with E-state index in [-0.39, 0.29) is 18.5 Å². The van der Waals surface area contributed by atoms with E-state index in [1.54, 1.807) is 0 Å². The van der Waals surface area contributed by atoms with Gasteiger partial charge in [-0.1, -0.05) is 12.1 Å². The quantitative estimate of drug-likeness (QED) is 0.746. The first-order valence-corrected chi connectivity index (χ1v) is 8.62. The number of aryl methyl sites for hydroxylation is 1. The molecule has 132 valence electrons. The minimum Gasteiger partial charge on any atom is -0.341 e. The number of benzene rings is 1. The predicted molar refractivity (Wildman–Crippen MR) is 96.0 cm³/mol. The Morgan fingerprint density at radius 3 is 2.67 bits per heavy atom. The van der Waals surface area contributed by atoms with E-state index in [1.807, 2.05) is 43.1 Å². The van der Waals surface area contributed by atoms with Crippen molar-refractivity contribution in [3.05, 3.63) is 29.8 Å². The molecule has 24 heavy (non-hydrogen) atoms. The standard InChI is InChI=1S/C18H28N4O2/c1-14-4-3-5-16(12-14)21-18(24)20-13-17(23)22-10-7-15(8-11-22)6-9-19-2/h3-5,12,15,19H,6-11,13H2,1-2H3,(H2,20,21,24). The van der Waals surface area contributed by atoms with Gasteiger partial charge in [0.05, 0.1) is 6.54 Å². The number of nitrogens with one attached hydrogen (secondary N) is 3. The van der Waals surface area contributed by atoms with Crippen LogP contribution in [0.4, 0.5) is 10.5 Å². The van der Waals surface area contributed by atoms with E-state index < -0.39 is 0 Å². The summed E-state index contributed by atoms with van der Waals surface area (Å²) in [6.07, 6.45) is 3.25. The second-order valence-electron chi connectivity index (χ2n) is 6.39. The molecule has 0 saturated carbocycles. The van der Waals surface area contributed by atoms with Crippen LogP contribution in [0.15, 0.2) is 24.3 Å². The van der Waals surface area contributed by atoms with Crippen molar-refractivity contribution in [2.45, 2.75) is 26.2 Å². The van der Waals surface area contributed by atoms with Crippen LogP contribution in [-0.2, 0) is 4.79 Å². The van der Waals surface area contributed by atoms with Gasteiger partial charge in [0.1, 0.15) is 0 Å². The Hall–Kier alpha value is -2.08. The molecule has 0 atom stereocenters. The number of carbonyl (C=O) groups is 2. The molecular formula is C18H28N4O2. The average molecular weight is 332 g/mol. The zero-order chi connectivity index (χ0) is 17.4. The molecule has 0 spiro atoms. The predicted octanol–water partition coefficient (Wildman–Crippen LogP) is 1.96. The summed E-state index contributed by atoms with van der Waals surface area (Å²) in [5, 5.41) is 8.56. The maximum absolute atomic E-state index is 12.2. The summed E-state index contributed by atoms with van der Waals surface area (Å²) in [6.45, 7) is 4.60. The molecule has 1 saturated heterocycles. The first kappa shape index (κ1) is 18.3. The molecule has 3 N–H and O–H groups in total. The summed E-state index contributed by atoms with van der Waals surface area (Å²) in [4.78, 5) is 25.9. The van der Waals surface area contributed by atoms with Gasteiger partial charge in [-0.25, -0.2) is 4.79 Å². The number of rotatable bonds is 6. The number of carbonyl (C=O) groups excluding carboxylic acids is 2. The first-order valence-electron chi connectivity index (χ1n) is 8.62. The van der Waals surface area contributed by atoms with Gasteiger partial charge in [-0.2, -0.15) is 0 Å². The van der Waals surface area contributed by atoms with Crippen molar-refractivity contribution in [2.24, 2.45) is 5.92 Å². The molecule has 6 nitrogen and oxygen atoms in total. The number of likely N-dealkylation sites (tertiary alicyclic amines) is 1. The lowest BCUT2D eigenvalue weighted by Gasteiger charge is -2.32. The molecule has 1 aliphatic rings. The van der Waals surface area contributed by atoms with Crippen molar-refractivity contribution in [3.63, 3.8) is 0 Å². The second kappa shape index (κ2) is 9.27. The minimum atomic E-state index is -0.349. The van der Waals surface area contributed by atoms with Crippen molar-refractivity contribution >= 4 is 17.6 Å². The lowest BCUT2D eigenvalue weighted by molar-refractivity contribution is -0.131. The van der Waals surface area contributed by atoms with E-state index >= 15 is 0 Å². The van der Waals surface area contributed by atoms with Gasteiger partial charge in [-0.05, 0) is 63.4 Å². The third-order valence-electron chi connectivity index (χ3n) is 4.45. The zero-order valence-corrected chi connectivity index (χ0v) is 14.6. The molecule has 1 aromatic rings. The van der Waals surface area contributed by atoms with Gasteiger partial charge in [0, 0.05) is 18.8 Å². The van der Waals surface area contributed by atoms with E-state index in [9.17, 15) is 9.59 Å². The van der Waals surface area contributed by atoms with Crippen LogP contribution in [0.5, 0.6) is 0 Å². The highest BCUT2D eigenvalue weighted by Crippen LogP contribution is 2.19. The van der Waals surface area contributed by atoms with Crippen molar-refractivity contribution in [1.82, 2.24) is 15.5 Å². The number of hydrogen-bond acceptors (Lipinski definition) is 3. The maximum Gasteiger partial charge on any atom is 0.319 e. The van der Waals surface area contributed by atoms with Crippen LogP contribution in [0.3, 0.4) is 0 Å². The molecule has 1 aromatic carbocycles. The topological polar surface area (TPSA) is 73.5 Å². The molecule has 2 rings (SSSR count). The molecule has 0 bridgehead atoms. The molecule has 0 radical (unpaired) electrons. The van der Waals surface area contributed by atoms with Crippen LogP contribution in [-0.4, -0.2) is 50.1 Å². The second-order valence-corrected chi connectivity index (χ2v) is 6.39. The number of urea groups is 1. The lowest BCUT2D eigenvalue weighted by atomic mass is 9.93. The molecule has 6 heteroatoms. The molecule has 0 unspecified atom stereocenters. The van der Waals surface area contributed by atoms with Gasteiger partial charge in [-0.3, -0.25) is 4.79 Å². The average Bonchev–Trinajstić information content (AvgIpc) is 2.58. The fourth-order valence-electron chi connectivity index (χ4n) is 2.99. The molecule has 0 aromatic heterocycles. The fraction of sp³-hybridized carbons (Fsp3) is 0.556. The van der Waals surface area contributed by atoms with Crippen molar-refractivity contribution in [3.8, 4) is 0 Å². The summed E-state index contributed by atoms with van der Waals surface area (Å²) in [5.41, 5.74) is 1.80. The number of hydrogen-bond donors (Lipinski definition) is 3. The maximum atomic E-state index is 12.2. The van der Waals surface area contributed by atoms with E-state index in [0.717, 1.165) is 50.1 Å². The monoisotopic (exact) mass is 332 g/mol. The molecule has 0 aliphatic carbocycles. The van der Waals surface area contributed by atoms with Crippen LogP contribution >= 0.6 is 0 Å². The summed E-state index contributed by atoms with van der Waals surface area (Å²) >= 11 is 0. The van der Waals surface area contributed by atoms with Crippen LogP contribution in [0.1, 0.15) is 24.8 Å². The van der Waals surface area contributed by atoms with Gasteiger partial charge >= 0.3 is 6.03 Å². The Kier molecular flexibility index (Phi) is 7.06. The third kappa shape index (κ3) is 5.85. The smallest absolute Gasteiger partial charge is 0.319 e. The van der Waals surface area contributed by atoms with Gasteiger partial charge < -0.3 is 20.9 Å². The molecule has 3 amide bonds. The van der Waals surface area contributed by atoms with Crippen molar-refractivity contribution in [1.29, 1.82) is 0 Å². The fourth-order valence-corrected chi connectivity index (χ4v) is 2.99. The Morgan fingerprint density at radius 2 is 2.00 bits per heavy atom. The number of piperidine rings is 1. The Morgan fingerprint density at radius 1 is 1.25 bits per heavy atom. The third-order valence-corrected chi connectivity index (χ3v) is 4.45. The number of anilines is 1. The Bertz CT molecular complexity index is 554. The van der Waals surface area contributed by atoms with Crippen LogP contribution in [0.2, 0.25) is 0 Å². The zero-order valence-electron chi connectivity index (χ0n) is 14.6. The SMILES string of the molecule is CNCCC1CCN(C(=O)CNC(=O)Nc2cccc(C)c2)CC1. The Balaban J connectivity index is 1.68. The summed E-state index contributed by atoms with van der Waals surface area (Å²) in [6, 6.07) is 7.21. The van der Waals surface area contributed by atoms with Crippen LogP contribution in [0, 0.1) is 12.8 Å².